The summed E-state index contributed by atoms with van der Waals surface area (Å²) in [5.74, 6) is 0.205. The molecule has 2 rings (SSSR count). The standard InChI is InChI=1S/C21H27ClN2O4S/c1-14-10-15(2)12-18(11-14)24(29(5,26)27)17(4)21(25)23-8-9-28-19-7-6-16(3)20(22)13-19/h6-7,10-13,17H,8-9H2,1-5H3,(H,23,25)/t17-/m1/s1. The number of nitrogens with zero attached hydrogens (tertiary/aromatic N) is 1. The Balaban J connectivity index is 2.02. The Bertz CT molecular complexity index is 972. The highest BCUT2D eigenvalue weighted by atomic mass is 35.5. The molecule has 0 aromatic heterocycles. The van der Waals surface area contributed by atoms with Crippen molar-refractivity contribution >= 4 is 33.2 Å². The number of amides is 1. The molecule has 1 N–H and O–H groups in total. The fourth-order valence-corrected chi connectivity index (χ4v) is 4.37. The van der Waals surface area contributed by atoms with E-state index < -0.39 is 22.0 Å². The van der Waals surface area contributed by atoms with Crippen LogP contribution in [0, 0.1) is 20.8 Å². The van der Waals surface area contributed by atoms with Crippen molar-refractivity contribution in [3.8, 4) is 5.75 Å². The maximum Gasteiger partial charge on any atom is 0.243 e. The molecule has 0 aliphatic heterocycles. The third-order valence-corrected chi connectivity index (χ3v) is 6.01. The topological polar surface area (TPSA) is 75.7 Å². The van der Waals surface area contributed by atoms with Gasteiger partial charge in [0, 0.05) is 5.02 Å². The van der Waals surface area contributed by atoms with Crippen molar-refractivity contribution in [1.82, 2.24) is 5.32 Å². The summed E-state index contributed by atoms with van der Waals surface area (Å²) in [5.41, 5.74) is 3.27. The van der Waals surface area contributed by atoms with Gasteiger partial charge < -0.3 is 10.1 Å². The molecule has 0 bridgehead atoms. The zero-order valence-corrected chi connectivity index (χ0v) is 18.9. The van der Waals surface area contributed by atoms with Gasteiger partial charge in [-0.15, -0.1) is 0 Å². The first-order chi connectivity index (χ1) is 13.5. The smallest absolute Gasteiger partial charge is 0.243 e. The van der Waals surface area contributed by atoms with Crippen molar-refractivity contribution in [2.75, 3.05) is 23.7 Å². The summed E-state index contributed by atoms with van der Waals surface area (Å²) in [4.78, 5) is 12.6. The Morgan fingerprint density at radius 3 is 2.31 bits per heavy atom. The molecule has 2 aromatic rings. The van der Waals surface area contributed by atoms with Crippen LogP contribution in [0.2, 0.25) is 5.02 Å². The predicted octanol–water partition coefficient (Wildman–Crippen LogP) is 3.61. The molecule has 0 radical (unpaired) electrons. The van der Waals surface area contributed by atoms with Gasteiger partial charge >= 0.3 is 0 Å². The van der Waals surface area contributed by atoms with Crippen molar-refractivity contribution in [2.45, 2.75) is 33.7 Å². The van der Waals surface area contributed by atoms with E-state index in [4.69, 9.17) is 16.3 Å². The molecule has 8 heteroatoms. The fourth-order valence-electron chi connectivity index (χ4n) is 3.04. The van der Waals surface area contributed by atoms with E-state index in [2.05, 4.69) is 5.32 Å². The van der Waals surface area contributed by atoms with E-state index >= 15 is 0 Å². The first kappa shape index (κ1) is 23.0. The van der Waals surface area contributed by atoms with Crippen LogP contribution in [0.15, 0.2) is 36.4 Å². The summed E-state index contributed by atoms with van der Waals surface area (Å²) in [6.45, 7) is 7.71. The lowest BCUT2D eigenvalue weighted by Crippen LogP contribution is -2.48. The van der Waals surface area contributed by atoms with Gasteiger partial charge in [0.25, 0.3) is 0 Å². The lowest BCUT2D eigenvalue weighted by molar-refractivity contribution is -0.121. The van der Waals surface area contributed by atoms with Crippen LogP contribution in [0.5, 0.6) is 5.75 Å². The van der Waals surface area contributed by atoms with Crippen molar-refractivity contribution < 1.29 is 17.9 Å². The zero-order valence-electron chi connectivity index (χ0n) is 17.3. The molecular weight excluding hydrogens is 412 g/mol. The van der Waals surface area contributed by atoms with Gasteiger partial charge in [-0.2, -0.15) is 0 Å². The molecule has 1 atom stereocenters. The number of hydrogen-bond acceptors (Lipinski definition) is 4. The van der Waals surface area contributed by atoms with Gasteiger partial charge in [0.15, 0.2) is 0 Å². The van der Waals surface area contributed by atoms with Gasteiger partial charge in [0.1, 0.15) is 18.4 Å². The summed E-state index contributed by atoms with van der Waals surface area (Å²) in [7, 11) is -3.65. The van der Waals surface area contributed by atoms with Gasteiger partial charge in [0.2, 0.25) is 15.9 Å². The Morgan fingerprint density at radius 1 is 1.14 bits per heavy atom. The van der Waals surface area contributed by atoms with E-state index in [1.807, 2.05) is 32.9 Å². The maximum atomic E-state index is 12.6. The predicted molar refractivity (Wildman–Crippen MR) is 117 cm³/mol. The molecule has 0 saturated carbocycles. The monoisotopic (exact) mass is 438 g/mol. The molecule has 0 aliphatic carbocycles. The summed E-state index contributed by atoms with van der Waals surface area (Å²) in [6, 6.07) is 9.92. The lowest BCUT2D eigenvalue weighted by atomic mass is 10.1. The molecule has 0 spiro atoms. The van der Waals surface area contributed by atoms with Crippen LogP contribution < -0.4 is 14.4 Å². The largest absolute Gasteiger partial charge is 0.492 e. The van der Waals surface area contributed by atoms with Crippen LogP contribution in [-0.4, -0.2) is 39.8 Å². The Labute approximate surface area is 177 Å². The Kier molecular flexibility index (Phi) is 7.54. The lowest BCUT2D eigenvalue weighted by Gasteiger charge is -2.28. The number of halogens is 1. The van der Waals surface area contributed by atoms with E-state index in [-0.39, 0.29) is 13.2 Å². The first-order valence-electron chi connectivity index (χ1n) is 9.23. The number of benzene rings is 2. The zero-order chi connectivity index (χ0) is 21.8. The Morgan fingerprint density at radius 2 is 1.76 bits per heavy atom. The number of aryl methyl sites for hydroxylation is 3. The third kappa shape index (κ3) is 6.37. The second-order valence-corrected chi connectivity index (χ2v) is 9.40. The average Bonchev–Trinajstić information content (AvgIpc) is 2.59. The molecule has 0 heterocycles. The highest BCUT2D eigenvalue weighted by Gasteiger charge is 2.29. The van der Waals surface area contributed by atoms with Crippen LogP contribution in [0.1, 0.15) is 23.6 Å². The average molecular weight is 439 g/mol. The van der Waals surface area contributed by atoms with Crippen LogP contribution in [0.4, 0.5) is 5.69 Å². The van der Waals surface area contributed by atoms with Crippen molar-refractivity contribution in [2.24, 2.45) is 0 Å². The highest BCUT2D eigenvalue weighted by Crippen LogP contribution is 2.24. The van der Waals surface area contributed by atoms with Crippen LogP contribution in [0.3, 0.4) is 0 Å². The summed E-state index contributed by atoms with van der Waals surface area (Å²) >= 11 is 6.06. The van der Waals surface area contributed by atoms with E-state index in [9.17, 15) is 13.2 Å². The van der Waals surface area contributed by atoms with Gasteiger partial charge in [-0.3, -0.25) is 9.10 Å². The highest BCUT2D eigenvalue weighted by molar-refractivity contribution is 7.92. The molecule has 158 valence electrons. The number of rotatable bonds is 8. The van der Waals surface area contributed by atoms with Crippen LogP contribution >= 0.6 is 11.6 Å². The number of ether oxygens (including phenoxy) is 1. The van der Waals surface area contributed by atoms with Crippen molar-refractivity contribution in [3.63, 3.8) is 0 Å². The van der Waals surface area contributed by atoms with Crippen LogP contribution in [-0.2, 0) is 14.8 Å². The van der Waals surface area contributed by atoms with Gasteiger partial charge in [0.05, 0.1) is 18.5 Å². The first-order valence-corrected chi connectivity index (χ1v) is 11.5. The normalized spacial score (nSPS) is 12.3. The van der Waals surface area contributed by atoms with Crippen molar-refractivity contribution in [1.29, 1.82) is 0 Å². The maximum absolute atomic E-state index is 12.6. The number of carbonyl (C=O) groups excluding carboxylic acids is 1. The summed E-state index contributed by atoms with van der Waals surface area (Å²) in [5, 5.41) is 3.34. The molecule has 2 aromatic carbocycles. The third-order valence-electron chi connectivity index (χ3n) is 4.36. The molecule has 1 amide bonds. The van der Waals surface area contributed by atoms with E-state index in [0.29, 0.717) is 16.5 Å². The number of hydrogen-bond donors (Lipinski definition) is 1. The number of sulfonamides is 1. The van der Waals surface area contributed by atoms with Crippen LogP contribution in [0.25, 0.3) is 0 Å². The molecule has 0 saturated heterocycles. The fraction of sp³-hybridized carbons (Fsp3) is 0.381. The molecule has 0 unspecified atom stereocenters. The van der Waals surface area contributed by atoms with Gasteiger partial charge in [-0.1, -0.05) is 23.7 Å². The van der Waals surface area contributed by atoms with Gasteiger partial charge in [-0.05, 0) is 68.7 Å². The molecule has 0 fully saturated rings. The number of anilines is 1. The summed E-state index contributed by atoms with van der Waals surface area (Å²) < 4.78 is 31.5. The number of carbonyl (C=O) groups is 1. The van der Waals surface area contributed by atoms with E-state index in [1.165, 1.54) is 0 Å². The van der Waals surface area contributed by atoms with E-state index in [1.54, 1.807) is 31.2 Å². The van der Waals surface area contributed by atoms with Crippen molar-refractivity contribution in [3.05, 3.63) is 58.1 Å². The molecule has 6 nitrogen and oxygen atoms in total. The summed E-state index contributed by atoms with van der Waals surface area (Å²) in [6.07, 6.45) is 1.10. The second-order valence-electron chi connectivity index (χ2n) is 7.13. The quantitative estimate of drug-likeness (QED) is 0.639. The SMILES string of the molecule is Cc1cc(C)cc(N([C@H](C)C(=O)NCCOc2ccc(C)c(Cl)c2)S(C)(=O)=O)c1. The van der Waals surface area contributed by atoms with Gasteiger partial charge in [-0.25, -0.2) is 8.42 Å². The second kappa shape index (κ2) is 9.50. The molecular formula is C21H27ClN2O4S. The minimum atomic E-state index is -3.65. The minimum absolute atomic E-state index is 0.235. The molecule has 29 heavy (non-hydrogen) atoms. The van der Waals surface area contributed by atoms with E-state index in [0.717, 1.165) is 27.3 Å². The Hall–Kier alpha value is -2.25. The minimum Gasteiger partial charge on any atom is -0.492 e. The molecule has 0 aliphatic rings. The number of nitrogens with one attached hydrogen (secondary N) is 1.